The predicted octanol–water partition coefficient (Wildman–Crippen LogP) is 3.00. The number of nitriles is 1. The van der Waals surface area contributed by atoms with Gasteiger partial charge < -0.3 is 9.73 Å². The van der Waals surface area contributed by atoms with Gasteiger partial charge in [0.05, 0.1) is 6.54 Å². The monoisotopic (exact) mass is 226 g/mol. The molecule has 1 N–H and O–H groups in total. The maximum absolute atomic E-state index is 8.64. The van der Waals surface area contributed by atoms with Crippen molar-refractivity contribution in [1.82, 2.24) is 5.32 Å². The van der Waals surface area contributed by atoms with Crippen LogP contribution in [0.2, 0.25) is 0 Å². The molecule has 17 heavy (non-hydrogen) atoms. The lowest BCUT2D eigenvalue weighted by Crippen LogP contribution is -2.17. The molecule has 1 aromatic heterocycles. The minimum absolute atomic E-state index is 0.256. The van der Waals surface area contributed by atoms with Crippen LogP contribution in [0, 0.1) is 11.3 Å². The number of hydrogen-bond acceptors (Lipinski definition) is 3. The molecule has 0 aliphatic carbocycles. The van der Waals surface area contributed by atoms with Gasteiger partial charge in [-0.05, 0) is 24.6 Å². The minimum atomic E-state index is 0.256. The molecule has 0 unspecified atom stereocenters. The van der Waals surface area contributed by atoms with Crippen molar-refractivity contribution in [2.45, 2.75) is 19.5 Å². The number of rotatable bonds is 4. The van der Waals surface area contributed by atoms with Crippen LogP contribution in [0.15, 0.2) is 46.9 Å². The maximum Gasteiger partial charge on any atom is 0.203 e. The highest BCUT2D eigenvalue weighted by atomic mass is 16.3. The zero-order chi connectivity index (χ0) is 12.1. The van der Waals surface area contributed by atoms with Crippen LogP contribution >= 0.6 is 0 Å². The molecule has 3 nitrogen and oxygen atoms in total. The largest absolute Gasteiger partial charge is 0.449 e. The Morgan fingerprint density at radius 3 is 2.65 bits per heavy atom. The Morgan fingerprint density at radius 1 is 1.24 bits per heavy atom. The zero-order valence-electron chi connectivity index (χ0n) is 9.68. The summed E-state index contributed by atoms with van der Waals surface area (Å²) in [6.45, 7) is 2.72. The van der Waals surface area contributed by atoms with Gasteiger partial charge in [-0.25, -0.2) is 0 Å². The van der Waals surface area contributed by atoms with Crippen molar-refractivity contribution in [3.8, 4) is 6.07 Å². The van der Waals surface area contributed by atoms with Gasteiger partial charge in [-0.15, -0.1) is 0 Å². The summed E-state index contributed by atoms with van der Waals surface area (Å²) in [5.74, 6) is 1.14. The first-order chi connectivity index (χ1) is 8.29. The van der Waals surface area contributed by atoms with E-state index in [0.717, 1.165) is 5.76 Å². The van der Waals surface area contributed by atoms with Crippen LogP contribution in [0.3, 0.4) is 0 Å². The van der Waals surface area contributed by atoms with Gasteiger partial charge in [0.2, 0.25) is 5.76 Å². The second-order valence-corrected chi connectivity index (χ2v) is 3.89. The molecule has 1 atom stereocenters. The van der Waals surface area contributed by atoms with Crippen molar-refractivity contribution in [2.24, 2.45) is 0 Å². The Hall–Kier alpha value is -2.05. The van der Waals surface area contributed by atoms with Crippen LogP contribution in [-0.2, 0) is 6.54 Å². The molecule has 1 heterocycles. The van der Waals surface area contributed by atoms with E-state index in [2.05, 4.69) is 24.4 Å². The molecule has 1 aromatic carbocycles. The van der Waals surface area contributed by atoms with Crippen LogP contribution in [0.1, 0.15) is 30.0 Å². The van der Waals surface area contributed by atoms with E-state index in [4.69, 9.17) is 9.68 Å². The van der Waals surface area contributed by atoms with Gasteiger partial charge in [0, 0.05) is 6.04 Å². The molecule has 86 valence electrons. The maximum atomic E-state index is 8.64. The third-order valence-electron chi connectivity index (χ3n) is 2.65. The summed E-state index contributed by atoms with van der Waals surface area (Å²) < 4.78 is 5.30. The standard InChI is InChI=1S/C14H14N2O/c1-11(12-5-3-2-4-6-12)16-10-14-8-7-13(9-15)17-14/h2-8,11,16H,10H2,1H3/t11-/m1/s1. The van der Waals surface area contributed by atoms with Gasteiger partial charge in [0.25, 0.3) is 0 Å². The van der Waals surface area contributed by atoms with Crippen LogP contribution in [0.5, 0.6) is 0 Å². The Labute approximate surface area is 101 Å². The highest BCUT2D eigenvalue weighted by molar-refractivity contribution is 5.20. The van der Waals surface area contributed by atoms with E-state index >= 15 is 0 Å². The Bertz CT molecular complexity index is 511. The van der Waals surface area contributed by atoms with E-state index in [9.17, 15) is 0 Å². The Morgan fingerprint density at radius 2 is 2.00 bits per heavy atom. The van der Waals surface area contributed by atoms with Crippen LogP contribution in [-0.4, -0.2) is 0 Å². The van der Waals surface area contributed by atoms with Gasteiger partial charge in [-0.3, -0.25) is 0 Å². The summed E-state index contributed by atoms with van der Waals surface area (Å²) in [7, 11) is 0. The smallest absolute Gasteiger partial charge is 0.203 e. The quantitative estimate of drug-likeness (QED) is 0.871. The highest BCUT2D eigenvalue weighted by Gasteiger charge is 2.06. The molecule has 0 spiro atoms. The first-order valence-electron chi connectivity index (χ1n) is 5.57. The Balaban J connectivity index is 1.92. The fraction of sp³-hybridized carbons (Fsp3) is 0.214. The molecule has 0 bridgehead atoms. The number of furan rings is 1. The lowest BCUT2D eigenvalue weighted by molar-refractivity contribution is 0.453. The molecule has 0 amide bonds. The average Bonchev–Trinajstić information content (AvgIpc) is 2.85. The topological polar surface area (TPSA) is 49.0 Å². The van der Waals surface area contributed by atoms with E-state index < -0.39 is 0 Å². The van der Waals surface area contributed by atoms with Crippen molar-refractivity contribution >= 4 is 0 Å². The molecule has 0 fully saturated rings. The third-order valence-corrected chi connectivity index (χ3v) is 2.65. The molecule has 0 radical (unpaired) electrons. The van der Waals surface area contributed by atoms with Crippen LogP contribution in [0.4, 0.5) is 0 Å². The van der Waals surface area contributed by atoms with Gasteiger partial charge in [0.1, 0.15) is 11.8 Å². The first-order valence-corrected chi connectivity index (χ1v) is 5.57. The molecule has 0 saturated carbocycles. The lowest BCUT2D eigenvalue weighted by atomic mass is 10.1. The second kappa shape index (κ2) is 5.33. The lowest BCUT2D eigenvalue weighted by Gasteiger charge is -2.12. The minimum Gasteiger partial charge on any atom is -0.449 e. The van der Waals surface area contributed by atoms with E-state index in [1.165, 1.54) is 5.56 Å². The number of hydrogen-bond donors (Lipinski definition) is 1. The third kappa shape index (κ3) is 2.96. The van der Waals surface area contributed by atoms with Crippen molar-refractivity contribution < 1.29 is 4.42 Å². The molecule has 2 rings (SSSR count). The summed E-state index contributed by atoms with van der Waals surface area (Å²) in [4.78, 5) is 0. The Kier molecular flexibility index (Phi) is 3.59. The number of nitrogens with one attached hydrogen (secondary N) is 1. The van der Waals surface area contributed by atoms with Gasteiger partial charge in [-0.2, -0.15) is 5.26 Å². The molecule has 0 aliphatic heterocycles. The van der Waals surface area contributed by atoms with Crippen molar-refractivity contribution in [3.63, 3.8) is 0 Å². The fourth-order valence-electron chi connectivity index (χ4n) is 1.65. The normalized spacial score (nSPS) is 12.0. The molecular weight excluding hydrogens is 212 g/mol. The predicted molar refractivity (Wildman–Crippen MR) is 65.1 cm³/mol. The number of benzene rings is 1. The van der Waals surface area contributed by atoms with E-state index in [-0.39, 0.29) is 6.04 Å². The molecular formula is C14H14N2O. The average molecular weight is 226 g/mol. The fourth-order valence-corrected chi connectivity index (χ4v) is 1.65. The highest BCUT2D eigenvalue weighted by Crippen LogP contribution is 2.13. The summed E-state index contributed by atoms with van der Waals surface area (Å²) in [5, 5.41) is 12.0. The zero-order valence-corrected chi connectivity index (χ0v) is 9.68. The SMILES string of the molecule is C[C@@H](NCc1ccc(C#N)o1)c1ccccc1. The van der Waals surface area contributed by atoms with Crippen LogP contribution < -0.4 is 5.32 Å². The van der Waals surface area contributed by atoms with Crippen molar-refractivity contribution in [2.75, 3.05) is 0 Å². The molecule has 0 saturated heterocycles. The van der Waals surface area contributed by atoms with E-state index in [0.29, 0.717) is 12.3 Å². The molecule has 2 aromatic rings. The summed E-state index contributed by atoms with van der Waals surface area (Å²) in [6, 6.07) is 15.9. The summed E-state index contributed by atoms with van der Waals surface area (Å²) in [5.41, 5.74) is 1.24. The van der Waals surface area contributed by atoms with Gasteiger partial charge >= 0.3 is 0 Å². The number of nitrogens with zero attached hydrogens (tertiary/aromatic N) is 1. The summed E-state index contributed by atoms with van der Waals surface area (Å²) in [6.07, 6.45) is 0. The van der Waals surface area contributed by atoms with Crippen molar-refractivity contribution in [3.05, 3.63) is 59.5 Å². The van der Waals surface area contributed by atoms with Crippen LogP contribution in [0.25, 0.3) is 0 Å². The first kappa shape index (κ1) is 11.4. The summed E-state index contributed by atoms with van der Waals surface area (Å²) >= 11 is 0. The molecule has 3 heteroatoms. The molecule has 0 aliphatic rings. The van der Waals surface area contributed by atoms with Gasteiger partial charge in [0.15, 0.2) is 0 Å². The van der Waals surface area contributed by atoms with Gasteiger partial charge in [-0.1, -0.05) is 30.3 Å². The second-order valence-electron chi connectivity index (χ2n) is 3.89. The van der Waals surface area contributed by atoms with E-state index in [1.807, 2.05) is 30.3 Å². The van der Waals surface area contributed by atoms with E-state index in [1.54, 1.807) is 6.07 Å². The van der Waals surface area contributed by atoms with Crippen molar-refractivity contribution in [1.29, 1.82) is 5.26 Å².